The van der Waals surface area contributed by atoms with Gasteiger partial charge in [0, 0.05) is 44.6 Å². The molecule has 0 atom stereocenters. The van der Waals surface area contributed by atoms with Crippen LogP contribution in [0.5, 0.6) is 0 Å². The van der Waals surface area contributed by atoms with Gasteiger partial charge < -0.3 is 9.51 Å². The van der Waals surface area contributed by atoms with Crippen molar-refractivity contribution in [2.45, 2.75) is 13.5 Å². The lowest BCUT2D eigenvalue weighted by atomic mass is 10.0. The summed E-state index contributed by atoms with van der Waals surface area (Å²) in [6.45, 7) is 5.26. The summed E-state index contributed by atoms with van der Waals surface area (Å²) in [5, 5.41) is 8.97. The smallest absolute Gasteiger partial charge is 0.137 e. The van der Waals surface area contributed by atoms with Crippen molar-refractivity contribution in [1.29, 1.82) is 0 Å². The molecule has 0 bridgehead atoms. The summed E-state index contributed by atoms with van der Waals surface area (Å²) in [7, 11) is 0. The molecule has 1 saturated heterocycles. The summed E-state index contributed by atoms with van der Waals surface area (Å²) in [6.07, 6.45) is 4.19. The number of pyridine rings is 1. The monoisotopic (exact) mass is 231 g/mol. The SMILES string of the molecule is Cc1ccc2nc(CN3CC(CO)C3)cn2c1. The topological polar surface area (TPSA) is 40.8 Å². The molecular weight excluding hydrogens is 214 g/mol. The zero-order valence-corrected chi connectivity index (χ0v) is 10.0. The Morgan fingerprint density at radius 1 is 1.35 bits per heavy atom. The third kappa shape index (κ3) is 2.06. The number of likely N-dealkylation sites (tertiary alicyclic amines) is 1. The van der Waals surface area contributed by atoms with E-state index in [-0.39, 0.29) is 0 Å². The quantitative estimate of drug-likeness (QED) is 0.859. The maximum absolute atomic E-state index is 8.97. The molecule has 3 heterocycles. The fourth-order valence-corrected chi connectivity index (χ4v) is 2.38. The van der Waals surface area contributed by atoms with Gasteiger partial charge in [-0.2, -0.15) is 0 Å². The van der Waals surface area contributed by atoms with E-state index in [1.165, 1.54) is 5.56 Å². The number of aromatic nitrogens is 2. The lowest BCUT2D eigenvalue weighted by molar-refractivity contribution is 0.0471. The first kappa shape index (κ1) is 10.7. The largest absolute Gasteiger partial charge is 0.396 e. The van der Waals surface area contributed by atoms with Gasteiger partial charge in [-0.1, -0.05) is 6.07 Å². The molecule has 4 nitrogen and oxygen atoms in total. The van der Waals surface area contributed by atoms with Crippen molar-refractivity contribution in [3.63, 3.8) is 0 Å². The normalized spacial score (nSPS) is 17.5. The Morgan fingerprint density at radius 2 is 2.18 bits per heavy atom. The Balaban J connectivity index is 1.73. The molecule has 0 unspecified atom stereocenters. The van der Waals surface area contributed by atoms with Crippen molar-refractivity contribution < 1.29 is 5.11 Å². The molecule has 2 aromatic rings. The Morgan fingerprint density at radius 3 is 2.94 bits per heavy atom. The molecule has 0 amide bonds. The van der Waals surface area contributed by atoms with Crippen LogP contribution in [0.4, 0.5) is 0 Å². The number of aryl methyl sites for hydroxylation is 1. The highest BCUT2D eigenvalue weighted by molar-refractivity contribution is 5.41. The summed E-state index contributed by atoms with van der Waals surface area (Å²) >= 11 is 0. The fourth-order valence-electron chi connectivity index (χ4n) is 2.38. The first-order chi connectivity index (χ1) is 8.24. The predicted molar refractivity (Wildman–Crippen MR) is 65.8 cm³/mol. The van der Waals surface area contributed by atoms with Crippen LogP contribution in [0.2, 0.25) is 0 Å². The zero-order chi connectivity index (χ0) is 11.8. The van der Waals surface area contributed by atoms with Gasteiger partial charge in [-0.15, -0.1) is 0 Å². The fraction of sp³-hybridized carbons (Fsp3) is 0.462. The van der Waals surface area contributed by atoms with E-state index >= 15 is 0 Å². The van der Waals surface area contributed by atoms with Crippen LogP contribution in [-0.2, 0) is 6.54 Å². The average molecular weight is 231 g/mol. The number of hydrogen-bond acceptors (Lipinski definition) is 3. The van der Waals surface area contributed by atoms with Crippen LogP contribution < -0.4 is 0 Å². The Kier molecular flexibility index (Phi) is 2.61. The molecule has 1 fully saturated rings. The lowest BCUT2D eigenvalue weighted by Gasteiger charge is -2.37. The lowest BCUT2D eigenvalue weighted by Crippen LogP contribution is -2.47. The molecule has 90 valence electrons. The number of aliphatic hydroxyl groups is 1. The standard InChI is InChI=1S/C13H17N3O/c1-10-2-3-13-14-12(8-16(13)4-10)7-15-5-11(6-15)9-17/h2-4,8,11,17H,5-7,9H2,1H3. The highest BCUT2D eigenvalue weighted by Crippen LogP contribution is 2.18. The summed E-state index contributed by atoms with van der Waals surface area (Å²) < 4.78 is 2.08. The van der Waals surface area contributed by atoms with Crippen molar-refractivity contribution in [3.05, 3.63) is 35.8 Å². The maximum atomic E-state index is 8.97. The highest BCUT2D eigenvalue weighted by atomic mass is 16.3. The van der Waals surface area contributed by atoms with Crippen molar-refractivity contribution in [2.24, 2.45) is 5.92 Å². The minimum atomic E-state index is 0.306. The van der Waals surface area contributed by atoms with E-state index in [0.717, 1.165) is 31.0 Å². The van der Waals surface area contributed by atoms with E-state index in [4.69, 9.17) is 5.11 Å². The molecule has 0 aromatic carbocycles. The summed E-state index contributed by atoms with van der Waals surface area (Å²) in [6, 6.07) is 4.13. The Bertz CT molecular complexity index is 528. The maximum Gasteiger partial charge on any atom is 0.137 e. The number of rotatable bonds is 3. The second kappa shape index (κ2) is 4.13. The van der Waals surface area contributed by atoms with E-state index in [1.54, 1.807) is 0 Å². The third-order valence-corrected chi connectivity index (χ3v) is 3.33. The van der Waals surface area contributed by atoms with Crippen LogP contribution in [0.3, 0.4) is 0 Å². The van der Waals surface area contributed by atoms with E-state index in [9.17, 15) is 0 Å². The van der Waals surface area contributed by atoms with Gasteiger partial charge in [0.25, 0.3) is 0 Å². The van der Waals surface area contributed by atoms with Crippen molar-refractivity contribution in [2.75, 3.05) is 19.7 Å². The summed E-state index contributed by atoms with van der Waals surface area (Å²) in [5.74, 6) is 0.467. The van der Waals surface area contributed by atoms with Gasteiger partial charge in [0.2, 0.25) is 0 Å². The molecule has 3 rings (SSSR count). The molecule has 0 radical (unpaired) electrons. The number of hydrogen-bond donors (Lipinski definition) is 1. The average Bonchev–Trinajstić information content (AvgIpc) is 2.64. The predicted octanol–water partition coefficient (Wildman–Crippen LogP) is 1.07. The van der Waals surface area contributed by atoms with Gasteiger partial charge in [0.05, 0.1) is 5.69 Å². The number of aliphatic hydroxyl groups excluding tert-OH is 1. The molecule has 1 aliphatic rings. The summed E-state index contributed by atoms with van der Waals surface area (Å²) in [5.41, 5.74) is 3.35. The van der Waals surface area contributed by atoms with Gasteiger partial charge in [0.15, 0.2) is 0 Å². The summed E-state index contributed by atoms with van der Waals surface area (Å²) in [4.78, 5) is 6.90. The van der Waals surface area contributed by atoms with Crippen LogP contribution in [-0.4, -0.2) is 39.1 Å². The van der Waals surface area contributed by atoms with Crippen molar-refractivity contribution in [3.8, 4) is 0 Å². The van der Waals surface area contributed by atoms with Crippen LogP contribution in [0, 0.1) is 12.8 Å². The van der Waals surface area contributed by atoms with Crippen LogP contribution >= 0.6 is 0 Å². The van der Waals surface area contributed by atoms with Crippen LogP contribution in [0.15, 0.2) is 24.5 Å². The van der Waals surface area contributed by atoms with E-state index in [1.807, 2.05) is 6.07 Å². The molecule has 0 spiro atoms. The molecule has 0 aliphatic carbocycles. The van der Waals surface area contributed by atoms with Gasteiger partial charge in [-0.25, -0.2) is 4.98 Å². The van der Waals surface area contributed by atoms with Gasteiger partial charge >= 0.3 is 0 Å². The van der Waals surface area contributed by atoms with E-state index in [0.29, 0.717) is 12.5 Å². The molecular formula is C13H17N3O. The minimum Gasteiger partial charge on any atom is -0.396 e. The first-order valence-electron chi connectivity index (χ1n) is 6.02. The Hall–Kier alpha value is -1.39. The van der Waals surface area contributed by atoms with E-state index < -0.39 is 0 Å². The number of fused-ring (bicyclic) bond motifs is 1. The molecule has 1 aliphatic heterocycles. The zero-order valence-electron chi connectivity index (χ0n) is 10.0. The Labute approximate surface area is 101 Å². The molecule has 4 heteroatoms. The van der Waals surface area contributed by atoms with Gasteiger partial charge in [0.1, 0.15) is 5.65 Å². The second-order valence-corrected chi connectivity index (χ2v) is 4.95. The molecule has 1 N–H and O–H groups in total. The van der Waals surface area contributed by atoms with E-state index in [2.05, 4.69) is 39.7 Å². The minimum absolute atomic E-state index is 0.306. The molecule has 17 heavy (non-hydrogen) atoms. The van der Waals surface area contributed by atoms with Gasteiger partial charge in [-0.3, -0.25) is 4.90 Å². The second-order valence-electron chi connectivity index (χ2n) is 4.95. The third-order valence-electron chi connectivity index (χ3n) is 3.33. The number of nitrogens with zero attached hydrogens (tertiary/aromatic N) is 3. The highest BCUT2D eigenvalue weighted by Gasteiger charge is 2.26. The number of imidazole rings is 1. The van der Waals surface area contributed by atoms with Crippen molar-refractivity contribution >= 4 is 5.65 Å². The first-order valence-corrected chi connectivity index (χ1v) is 6.02. The van der Waals surface area contributed by atoms with Gasteiger partial charge in [-0.05, 0) is 18.6 Å². The van der Waals surface area contributed by atoms with Crippen LogP contribution in [0.1, 0.15) is 11.3 Å². The molecule has 2 aromatic heterocycles. The van der Waals surface area contributed by atoms with Crippen molar-refractivity contribution in [1.82, 2.24) is 14.3 Å². The molecule has 0 saturated carbocycles. The van der Waals surface area contributed by atoms with Crippen LogP contribution in [0.25, 0.3) is 5.65 Å².